The molecule has 0 aliphatic carbocycles. The Morgan fingerprint density at radius 2 is 1.83 bits per heavy atom. The maximum Gasteiger partial charge on any atom is 0.333 e. The topological polar surface area (TPSA) is 83.9 Å². The van der Waals surface area contributed by atoms with Crippen LogP contribution in [0.2, 0.25) is 0 Å². The van der Waals surface area contributed by atoms with Gasteiger partial charge in [-0.1, -0.05) is 24.3 Å². The van der Waals surface area contributed by atoms with Crippen molar-refractivity contribution in [1.29, 1.82) is 0 Å². The van der Waals surface area contributed by atoms with E-state index in [1.54, 1.807) is 26.0 Å². The molecule has 0 atom stereocenters. The number of hydrogen-bond acceptors (Lipinski definition) is 5. The van der Waals surface area contributed by atoms with E-state index < -0.39 is 16.1 Å². The summed E-state index contributed by atoms with van der Waals surface area (Å²) in [6.07, 6.45) is 0.00956. The van der Waals surface area contributed by atoms with Gasteiger partial charge in [-0.3, -0.25) is 4.55 Å². The first-order valence-electron chi connectivity index (χ1n) is 7.01. The summed E-state index contributed by atoms with van der Waals surface area (Å²) in [4.78, 5) is 13.2. The molecule has 1 N–H and O–H groups in total. The second-order valence-electron chi connectivity index (χ2n) is 5.43. The van der Waals surface area contributed by atoms with Crippen LogP contribution in [0.1, 0.15) is 18.1 Å². The number of nitrogens with zero attached hydrogens (tertiary/aromatic N) is 1. The van der Waals surface area contributed by atoms with Gasteiger partial charge in [0.1, 0.15) is 0 Å². The molecule has 7 heteroatoms. The molecule has 0 saturated heterocycles. The molecule has 0 amide bonds. The molecule has 0 saturated carbocycles. The summed E-state index contributed by atoms with van der Waals surface area (Å²) >= 11 is 0. The Labute approximate surface area is 138 Å². The summed E-state index contributed by atoms with van der Waals surface area (Å²) < 4.78 is 36.4. The molecule has 0 bridgehead atoms. The van der Waals surface area contributed by atoms with Crippen molar-refractivity contribution >= 4 is 16.1 Å². The molecular formula is C16H25NO5S. The van der Waals surface area contributed by atoms with Crippen LogP contribution in [0.4, 0.5) is 0 Å². The zero-order valence-electron chi connectivity index (χ0n) is 14.3. The molecule has 0 aromatic heterocycles. The van der Waals surface area contributed by atoms with E-state index in [-0.39, 0.29) is 23.5 Å². The molecule has 0 aliphatic rings. The Hall–Kier alpha value is -1.70. The third-order valence-electron chi connectivity index (χ3n) is 2.46. The molecule has 0 radical (unpaired) electrons. The summed E-state index contributed by atoms with van der Waals surface area (Å²) in [6.45, 7) is 7.24. The van der Waals surface area contributed by atoms with Crippen molar-refractivity contribution in [2.45, 2.75) is 25.2 Å². The van der Waals surface area contributed by atoms with E-state index in [0.717, 1.165) is 5.56 Å². The average Bonchev–Trinajstić information content (AvgIpc) is 2.36. The number of rotatable bonds is 5. The van der Waals surface area contributed by atoms with Crippen molar-refractivity contribution in [2.75, 3.05) is 27.7 Å². The minimum atomic E-state index is -4.33. The highest BCUT2D eigenvalue weighted by molar-refractivity contribution is 7.85. The van der Waals surface area contributed by atoms with Gasteiger partial charge in [0.15, 0.2) is 0 Å². The first-order chi connectivity index (χ1) is 10.5. The van der Waals surface area contributed by atoms with Gasteiger partial charge in [-0.25, -0.2) is 4.79 Å². The SMILES string of the molecule is C=C(Cc1cc(C)ccc1S(=O)(=O)O)C(=O)OCC.CN(C)C. The quantitative estimate of drug-likeness (QED) is 0.501. The van der Waals surface area contributed by atoms with Crippen molar-refractivity contribution < 1.29 is 22.5 Å². The monoisotopic (exact) mass is 343 g/mol. The number of benzene rings is 1. The smallest absolute Gasteiger partial charge is 0.333 e. The van der Waals surface area contributed by atoms with E-state index in [1.165, 1.54) is 6.07 Å². The standard InChI is InChI=1S/C13H16O5S.C3H9N/c1-4-18-13(14)10(3)8-11-7-9(2)5-6-12(11)19(15,16)17;1-4(2)3/h5-7H,3-4,8H2,1-2H3,(H,15,16,17);1-3H3. The summed E-state index contributed by atoms with van der Waals surface area (Å²) in [6, 6.07) is 4.46. The number of carbonyl (C=O) groups is 1. The van der Waals surface area contributed by atoms with Crippen LogP contribution < -0.4 is 0 Å². The number of esters is 1. The lowest BCUT2D eigenvalue weighted by Gasteiger charge is -2.10. The first kappa shape index (κ1) is 21.3. The van der Waals surface area contributed by atoms with Gasteiger partial charge in [-0.15, -0.1) is 0 Å². The van der Waals surface area contributed by atoms with Crippen molar-refractivity contribution in [3.05, 3.63) is 41.5 Å². The van der Waals surface area contributed by atoms with Gasteiger partial charge < -0.3 is 9.64 Å². The van der Waals surface area contributed by atoms with E-state index in [0.29, 0.717) is 5.56 Å². The normalized spacial score (nSPS) is 10.7. The van der Waals surface area contributed by atoms with Gasteiger partial charge in [0.2, 0.25) is 0 Å². The lowest BCUT2D eigenvalue weighted by Crippen LogP contribution is -2.11. The van der Waals surface area contributed by atoms with Gasteiger partial charge in [0, 0.05) is 12.0 Å². The lowest BCUT2D eigenvalue weighted by atomic mass is 10.0. The third-order valence-corrected chi connectivity index (χ3v) is 3.42. The van der Waals surface area contributed by atoms with Gasteiger partial charge in [-0.05, 0) is 46.6 Å². The van der Waals surface area contributed by atoms with Crippen molar-refractivity contribution in [3.8, 4) is 0 Å². The largest absolute Gasteiger partial charge is 0.463 e. The van der Waals surface area contributed by atoms with E-state index in [4.69, 9.17) is 9.29 Å². The minimum Gasteiger partial charge on any atom is -0.463 e. The molecule has 1 aromatic carbocycles. The molecule has 0 heterocycles. The van der Waals surface area contributed by atoms with E-state index in [1.807, 2.05) is 26.0 Å². The maximum atomic E-state index is 11.5. The zero-order chi connectivity index (χ0) is 18.2. The summed E-state index contributed by atoms with van der Waals surface area (Å²) in [7, 11) is 1.67. The lowest BCUT2D eigenvalue weighted by molar-refractivity contribution is -0.138. The van der Waals surface area contributed by atoms with Crippen LogP contribution in [0, 0.1) is 6.92 Å². The molecule has 130 valence electrons. The Balaban J connectivity index is 0.00000108. The zero-order valence-corrected chi connectivity index (χ0v) is 15.1. The van der Waals surface area contributed by atoms with Gasteiger partial charge >= 0.3 is 5.97 Å². The summed E-state index contributed by atoms with van der Waals surface area (Å²) in [5.74, 6) is -0.578. The fourth-order valence-corrected chi connectivity index (χ4v) is 2.34. The van der Waals surface area contributed by atoms with Crippen molar-refractivity contribution in [1.82, 2.24) is 4.90 Å². The Kier molecular flexibility index (Phi) is 8.74. The molecular weight excluding hydrogens is 318 g/mol. The molecule has 0 fully saturated rings. The van der Waals surface area contributed by atoms with E-state index in [2.05, 4.69) is 6.58 Å². The summed E-state index contributed by atoms with van der Waals surface area (Å²) in [5.41, 5.74) is 1.27. The predicted molar refractivity (Wildman–Crippen MR) is 90.1 cm³/mol. The van der Waals surface area contributed by atoms with Crippen LogP contribution in [0.15, 0.2) is 35.2 Å². The average molecular weight is 343 g/mol. The van der Waals surface area contributed by atoms with Crippen LogP contribution in [-0.2, 0) is 26.1 Å². The Morgan fingerprint density at radius 3 is 2.26 bits per heavy atom. The van der Waals surface area contributed by atoms with E-state index >= 15 is 0 Å². The minimum absolute atomic E-state index is 0.00956. The van der Waals surface area contributed by atoms with Gasteiger partial charge in [-0.2, -0.15) is 8.42 Å². The van der Waals surface area contributed by atoms with Crippen LogP contribution in [0.25, 0.3) is 0 Å². The predicted octanol–water partition coefficient (Wildman–Crippen LogP) is 2.08. The second-order valence-corrected chi connectivity index (χ2v) is 6.82. The first-order valence-corrected chi connectivity index (χ1v) is 8.45. The second kappa shape index (κ2) is 9.44. The third kappa shape index (κ3) is 8.49. The molecule has 23 heavy (non-hydrogen) atoms. The van der Waals surface area contributed by atoms with Crippen molar-refractivity contribution in [2.24, 2.45) is 0 Å². The Bertz CT molecular complexity index is 648. The number of hydrogen-bond donors (Lipinski definition) is 1. The molecule has 0 aliphatic heterocycles. The fourth-order valence-electron chi connectivity index (χ4n) is 1.63. The van der Waals surface area contributed by atoms with Crippen molar-refractivity contribution in [3.63, 3.8) is 0 Å². The molecule has 0 spiro atoms. The highest BCUT2D eigenvalue weighted by Gasteiger charge is 2.18. The maximum absolute atomic E-state index is 11.5. The molecule has 1 aromatic rings. The molecule has 6 nitrogen and oxygen atoms in total. The molecule has 1 rings (SSSR count). The fraction of sp³-hybridized carbons (Fsp3) is 0.438. The molecule has 0 unspecified atom stereocenters. The number of ether oxygens (including phenoxy) is 1. The van der Waals surface area contributed by atoms with Gasteiger partial charge in [0.05, 0.1) is 11.5 Å². The number of aryl methyl sites for hydroxylation is 1. The van der Waals surface area contributed by atoms with Crippen LogP contribution in [0.5, 0.6) is 0 Å². The van der Waals surface area contributed by atoms with Crippen LogP contribution in [0.3, 0.4) is 0 Å². The Morgan fingerprint density at radius 1 is 1.30 bits per heavy atom. The van der Waals surface area contributed by atoms with E-state index in [9.17, 15) is 13.2 Å². The van der Waals surface area contributed by atoms with Crippen LogP contribution >= 0.6 is 0 Å². The highest BCUT2D eigenvalue weighted by atomic mass is 32.2. The summed E-state index contributed by atoms with van der Waals surface area (Å²) in [5, 5.41) is 0. The highest BCUT2D eigenvalue weighted by Crippen LogP contribution is 2.20. The number of carbonyl (C=O) groups excluding carboxylic acids is 1. The van der Waals surface area contributed by atoms with Gasteiger partial charge in [0.25, 0.3) is 10.1 Å². The van der Waals surface area contributed by atoms with Crippen LogP contribution in [-0.4, -0.2) is 51.6 Å².